The van der Waals surface area contributed by atoms with Crippen LogP contribution in [0.5, 0.6) is 0 Å². The molecule has 1 amide bonds. The Balaban J connectivity index is 1.46. The summed E-state index contributed by atoms with van der Waals surface area (Å²) < 4.78 is 1.10. The lowest BCUT2D eigenvalue weighted by Crippen LogP contribution is -2.31. The Morgan fingerprint density at radius 1 is 1.06 bits per heavy atom. The van der Waals surface area contributed by atoms with Crippen molar-refractivity contribution < 1.29 is 4.79 Å². The highest BCUT2D eigenvalue weighted by atomic mass is 32.1. The van der Waals surface area contributed by atoms with E-state index in [-0.39, 0.29) is 5.91 Å². The largest absolute Gasteiger partial charge is 0.369 e. The number of hydrogen-bond acceptors (Lipinski definition) is 6. The fourth-order valence-corrected chi connectivity index (χ4v) is 5.06. The van der Waals surface area contributed by atoms with E-state index in [1.165, 1.54) is 32.4 Å². The lowest BCUT2D eigenvalue weighted by molar-refractivity contribution is 0.0773. The van der Waals surface area contributed by atoms with Gasteiger partial charge in [-0.1, -0.05) is 18.6 Å². The first-order chi connectivity index (χ1) is 15.7. The number of aromatic nitrogens is 2. The van der Waals surface area contributed by atoms with Crippen LogP contribution in [0.2, 0.25) is 0 Å². The Bertz CT molecular complexity index is 1020. The molecule has 3 aromatic rings. The van der Waals surface area contributed by atoms with Crippen LogP contribution in [-0.4, -0.2) is 64.9 Å². The van der Waals surface area contributed by atoms with Crippen LogP contribution in [0.15, 0.2) is 35.7 Å². The molecule has 32 heavy (non-hydrogen) atoms. The van der Waals surface area contributed by atoms with Gasteiger partial charge in [0, 0.05) is 30.8 Å². The van der Waals surface area contributed by atoms with Gasteiger partial charge in [-0.25, -0.2) is 9.97 Å². The van der Waals surface area contributed by atoms with Gasteiger partial charge in [-0.15, -0.1) is 11.3 Å². The minimum atomic E-state index is 0.0619. The van der Waals surface area contributed by atoms with Gasteiger partial charge >= 0.3 is 0 Å². The number of hydrogen-bond donors (Lipinski definition) is 1. The zero-order chi connectivity index (χ0) is 22.3. The molecule has 0 saturated carbocycles. The van der Waals surface area contributed by atoms with Crippen molar-refractivity contribution in [2.24, 2.45) is 0 Å². The number of thiophene rings is 1. The third kappa shape index (κ3) is 5.27. The van der Waals surface area contributed by atoms with Crippen LogP contribution in [0.4, 0.5) is 5.82 Å². The SMILES string of the molecule is CCN(CC)C(=O)c1ccc(-c2nc(NCCCN3CCCCC3)c3sccc3n2)cc1. The maximum absolute atomic E-state index is 12.6. The lowest BCUT2D eigenvalue weighted by Gasteiger charge is -2.26. The number of carbonyl (C=O) groups is 1. The molecule has 1 saturated heterocycles. The van der Waals surface area contributed by atoms with Crippen LogP contribution in [0, 0.1) is 0 Å². The predicted molar refractivity (Wildman–Crippen MR) is 134 cm³/mol. The Hall–Kier alpha value is -2.51. The second-order valence-electron chi connectivity index (χ2n) is 8.27. The summed E-state index contributed by atoms with van der Waals surface area (Å²) in [6.45, 7) is 9.93. The van der Waals surface area contributed by atoms with Gasteiger partial charge in [-0.3, -0.25) is 4.79 Å². The van der Waals surface area contributed by atoms with Gasteiger partial charge in [0.2, 0.25) is 0 Å². The van der Waals surface area contributed by atoms with Gasteiger partial charge in [-0.2, -0.15) is 0 Å². The van der Waals surface area contributed by atoms with Gasteiger partial charge in [0.15, 0.2) is 5.82 Å². The van der Waals surface area contributed by atoms with E-state index in [2.05, 4.69) is 15.6 Å². The van der Waals surface area contributed by atoms with Crippen LogP contribution < -0.4 is 5.32 Å². The van der Waals surface area contributed by atoms with Crippen LogP contribution in [0.3, 0.4) is 0 Å². The van der Waals surface area contributed by atoms with E-state index in [0.717, 1.165) is 41.1 Å². The normalized spacial score (nSPS) is 14.6. The second kappa shape index (κ2) is 10.9. The summed E-state index contributed by atoms with van der Waals surface area (Å²) >= 11 is 1.67. The Morgan fingerprint density at radius 3 is 2.53 bits per heavy atom. The second-order valence-corrected chi connectivity index (χ2v) is 9.18. The first-order valence-electron chi connectivity index (χ1n) is 11.8. The summed E-state index contributed by atoms with van der Waals surface area (Å²) in [5, 5.41) is 5.62. The molecular weight excluding hydrogens is 418 g/mol. The molecule has 0 aliphatic carbocycles. The van der Waals surface area contributed by atoms with E-state index in [1.807, 2.05) is 49.1 Å². The third-order valence-electron chi connectivity index (χ3n) is 6.14. The number of carbonyl (C=O) groups excluding carboxylic acids is 1. The van der Waals surface area contributed by atoms with Gasteiger partial charge in [0.1, 0.15) is 5.82 Å². The van der Waals surface area contributed by atoms with Gasteiger partial charge < -0.3 is 15.1 Å². The van der Waals surface area contributed by atoms with Crippen molar-refractivity contribution in [2.75, 3.05) is 44.6 Å². The van der Waals surface area contributed by atoms with Crippen molar-refractivity contribution in [1.29, 1.82) is 0 Å². The zero-order valence-corrected chi connectivity index (χ0v) is 20.0. The molecule has 170 valence electrons. The number of amides is 1. The molecule has 0 spiro atoms. The first-order valence-corrected chi connectivity index (χ1v) is 12.7. The molecule has 0 radical (unpaired) electrons. The molecule has 1 aliphatic rings. The van der Waals surface area contributed by atoms with E-state index >= 15 is 0 Å². The highest BCUT2D eigenvalue weighted by Gasteiger charge is 2.15. The van der Waals surface area contributed by atoms with Crippen molar-refractivity contribution in [3.63, 3.8) is 0 Å². The van der Waals surface area contributed by atoms with Crippen molar-refractivity contribution in [3.05, 3.63) is 41.3 Å². The molecule has 0 bridgehead atoms. The standard InChI is InChI=1S/C25H33N5OS/c1-3-30(4-2)25(31)20-11-9-19(10-12-20)23-27-21-13-18-32-22(21)24(28-23)26-14-8-17-29-15-6-5-7-16-29/h9-13,18H,3-8,14-17H2,1-2H3,(H,26,27,28). The van der Waals surface area contributed by atoms with E-state index in [1.54, 1.807) is 11.3 Å². The fourth-order valence-electron chi connectivity index (χ4n) is 4.26. The number of nitrogens with zero attached hydrogens (tertiary/aromatic N) is 4. The summed E-state index contributed by atoms with van der Waals surface area (Å²) in [6, 6.07) is 9.70. The summed E-state index contributed by atoms with van der Waals surface area (Å²) in [4.78, 5) is 26.6. The Labute approximate surface area is 194 Å². The van der Waals surface area contributed by atoms with E-state index in [0.29, 0.717) is 24.5 Å². The maximum Gasteiger partial charge on any atom is 0.253 e. The number of nitrogens with one attached hydrogen (secondary N) is 1. The number of rotatable bonds is 9. The van der Waals surface area contributed by atoms with Gasteiger partial charge in [0.25, 0.3) is 5.91 Å². The van der Waals surface area contributed by atoms with Crippen LogP contribution in [0.1, 0.15) is 49.9 Å². The van der Waals surface area contributed by atoms with Crippen molar-refractivity contribution in [2.45, 2.75) is 39.5 Å². The number of anilines is 1. The smallest absolute Gasteiger partial charge is 0.253 e. The average molecular weight is 452 g/mol. The van der Waals surface area contributed by atoms with Crippen LogP contribution in [0.25, 0.3) is 21.6 Å². The molecule has 1 aliphatic heterocycles. The molecule has 0 atom stereocenters. The number of piperidine rings is 1. The van der Waals surface area contributed by atoms with Crippen molar-refractivity contribution in [1.82, 2.24) is 19.8 Å². The quantitative estimate of drug-likeness (QED) is 0.457. The van der Waals surface area contributed by atoms with E-state index in [4.69, 9.17) is 9.97 Å². The monoisotopic (exact) mass is 451 g/mol. The summed E-state index contributed by atoms with van der Waals surface area (Å²) in [7, 11) is 0. The summed E-state index contributed by atoms with van der Waals surface area (Å²) in [5.74, 6) is 1.66. The van der Waals surface area contributed by atoms with E-state index in [9.17, 15) is 4.79 Å². The Morgan fingerprint density at radius 2 is 1.81 bits per heavy atom. The summed E-state index contributed by atoms with van der Waals surface area (Å²) in [6.07, 6.45) is 5.14. The molecule has 1 fully saturated rings. The molecule has 7 heteroatoms. The third-order valence-corrected chi connectivity index (χ3v) is 7.05. The molecular formula is C25H33N5OS. The number of likely N-dealkylation sites (tertiary alicyclic amines) is 1. The van der Waals surface area contributed by atoms with Gasteiger partial charge in [0.05, 0.1) is 10.2 Å². The highest BCUT2D eigenvalue weighted by Crippen LogP contribution is 2.29. The molecule has 4 rings (SSSR count). The van der Waals surface area contributed by atoms with Gasteiger partial charge in [-0.05, 0) is 76.3 Å². The number of benzene rings is 1. The van der Waals surface area contributed by atoms with Crippen LogP contribution >= 0.6 is 11.3 Å². The predicted octanol–water partition coefficient (Wildman–Crippen LogP) is 5.13. The minimum Gasteiger partial charge on any atom is -0.369 e. The lowest BCUT2D eigenvalue weighted by atomic mass is 10.1. The average Bonchev–Trinajstić information content (AvgIpc) is 3.32. The molecule has 3 heterocycles. The topological polar surface area (TPSA) is 61.4 Å². The molecule has 6 nitrogen and oxygen atoms in total. The molecule has 1 aromatic carbocycles. The molecule has 2 aromatic heterocycles. The van der Waals surface area contributed by atoms with Crippen LogP contribution in [-0.2, 0) is 0 Å². The van der Waals surface area contributed by atoms with E-state index < -0.39 is 0 Å². The maximum atomic E-state index is 12.6. The Kier molecular flexibility index (Phi) is 7.71. The number of fused-ring (bicyclic) bond motifs is 1. The minimum absolute atomic E-state index is 0.0619. The molecule has 0 unspecified atom stereocenters. The zero-order valence-electron chi connectivity index (χ0n) is 19.1. The highest BCUT2D eigenvalue weighted by molar-refractivity contribution is 7.17. The van der Waals surface area contributed by atoms with Crippen molar-refractivity contribution in [3.8, 4) is 11.4 Å². The fraction of sp³-hybridized carbons (Fsp3) is 0.480. The summed E-state index contributed by atoms with van der Waals surface area (Å²) in [5.41, 5.74) is 2.58. The van der Waals surface area contributed by atoms with Crippen molar-refractivity contribution >= 4 is 33.3 Å². The first kappa shape index (κ1) is 22.7. The molecule has 1 N–H and O–H groups in total.